The zero-order chi connectivity index (χ0) is 19.3. The van der Waals surface area contributed by atoms with E-state index in [0.29, 0.717) is 25.4 Å². The number of amides is 1. The van der Waals surface area contributed by atoms with Crippen LogP contribution < -0.4 is 4.74 Å². The molecule has 3 aromatic rings. The lowest BCUT2D eigenvalue weighted by Gasteiger charge is -2.39. The van der Waals surface area contributed by atoms with E-state index in [1.807, 2.05) is 66.4 Å². The molecule has 0 aliphatic carbocycles. The third-order valence-corrected chi connectivity index (χ3v) is 5.13. The molecule has 0 atom stereocenters. The van der Waals surface area contributed by atoms with Gasteiger partial charge in [0.1, 0.15) is 6.10 Å². The van der Waals surface area contributed by atoms with Crippen LogP contribution in [0.15, 0.2) is 78.9 Å². The van der Waals surface area contributed by atoms with E-state index in [0.717, 1.165) is 5.69 Å². The lowest BCUT2D eigenvalue weighted by Crippen LogP contribution is -2.56. The van der Waals surface area contributed by atoms with Crippen LogP contribution in [-0.4, -0.2) is 35.0 Å². The molecule has 0 unspecified atom stereocenters. The zero-order valence-electron chi connectivity index (χ0n) is 16.0. The maximum atomic E-state index is 12.9. The van der Waals surface area contributed by atoms with Gasteiger partial charge in [-0.15, -0.1) is 0 Å². The second-order valence-corrected chi connectivity index (χ2v) is 7.23. The van der Waals surface area contributed by atoms with Crippen molar-refractivity contribution in [3.05, 3.63) is 95.7 Å². The summed E-state index contributed by atoms with van der Waals surface area (Å²) in [6.45, 7) is 3.17. The number of hydrogen-bond donors (Lipinski definition) is 0. The Kier molecular flexibility index (Phi) is 5.38. The molecule has 1 aromatic heterocycles. The van der Waals surface area contributed by atoms with E-state index in [-0.39, 0.29) is 17.9 Å². The van der Waals surface area contributed by atoms with E-state index in [1.165, 1.54) is 11.1 Å². The SMILES string of the molecule is Cc1cccc(OC2CN(C(=O)CC(c3ccccc3)c3ccccc3)C2)n1. The van der Waals surface area contributed by atoms with Crippen molar-refractivity contribution >= 4 is 5.91 Å². The molecule has 1 saturated heterocycles. The third kappa shape index (κ3) is 4.22. The number of benzene rings is 2. The molecule has 0 spiro atoms. The van der Waals surface area contributed by atoms with Gasteiger partial charge in [0, 0.05) is 24.1 Å². The van der Waals surface area contributed by atoms with E-state index >= 15 is 0 Å². The molecular formula is C24H24N2O2. The van der Waals surface area contributed by atoms with Crippen LogP contribution in [0, 0.1) is 6.92 Å². The van der Waals surface area contributed by atoms with E-state index in [9.17, 15) is 4.79 Å². The van der Waals surface area contributed by atoms with Crippen molar-refractivity contribution in [2.75, 3.05) is 13.1 Å². The second kappa shape index (κ2) is 8.26. The number of carbonyl (C=O) groups is 1. The fraction of sp³-hybridized carbons (Fsp3) is 0.250. The van der Waals surface area contributed by atoms with Crippen molar-refractivity contribution in [3.63, 3.8) is 0 Å². The molecular weight excluding hydrogens is 348 g/mol. The Morgan fingerprint density at radius 1 is 0.964 bits per heavy atom. The molecule has 0 radical (unpaired) electrons. The van der Waals surface area contributed by atoms with Gasteiger partial charge < -0.3 is 9.64 Å². The van der Waals surface area contributed by atoms with E-state index < -0.39 is 0 Å². The number of aryl methyl sites for hydroxylation is 1. The minimum absolute atomic E-state index is 0.0187. The van der Waals surface area contributed by atoms with Gasteiger partial charge in [-0.2, -0.15) is 0 Å². The van der Waals surface area contributed by atoms with Crippen molar-refractivity contribution in [2.45, 2.75) is 25.4 Å². The average molecular weight is 372 g/mol. The summed E-state index contributed by atoms with van der Waals surface area (Å²) < 4.78 is 5.88. The number of aromatic nitrogens is 1. The molecule has 1 fully saturated rings. The zero-order valence-corrected chi connectivity index (χ0v) is 16.0. The van der Waals surface area contributed by atoms with E-state index in [1.54, 1.807) is 0 Å². The lowest BCUT2D eigenvalue weighted by molar-refractivity contribution is -0.140. The molecule has 4 nitrogen and oxygen atoms in total. The summed E-state index contributed by atoms with van der Waals surface area (Å²) in [5, 5.41) is 0. The number of likely N-dealkylation sites (tertiary alicyclic amines) is 1. The molecule has 1 aliphatic heterocycles. The number of nitrogens with zero attached hydrogens (tertiary/aromatic N) is 2. The molecule has 4 heteroatoms. The molecule has 28 heavy (non-hydrogen) atoms. The fourth-order valence-corrected chi connectivity index (χ4v) is 3.57. The summed E-state index contributed by atoms with van der Waals surface area (Å²) >= 11 is 0. The maximum absolute atomic E-state index is 12.9. The predicted molar refractivity (Wildman–Crippen MR) is 109 cm³/mol. The monoisotopic (exact) mass is 372 g/mol. The minimum Gasteiger partial charge on any atom is -0.471 e. The highest BCUT2D eigenvalue weighted by Crippen LogP contribution is 2.29. The van der Waals surface area contributed by atoms with Crippen LogP contribution in [0.25, 0.3) is 0 Å². The van der Waals surface area contributed by atoms with Gasteiger partial charge in [-0.3, -0.25) is 4.79 Å². The summed E-state index contributed by atoms with van der Waals surface area (Å²) in [6.07, 6.45) is 0.480. The molecule has 2 aromatic carbocycles. The van der Waals surface area contributed by atoms with Crippen LogP contribution >= 0.6 is 0 Å². The Labute approximate surface area is 165 Å². The van der Waals surface area contributed by atoms with Gasteiger partial charge in [0.2, 0.25) is 11.8 Å². The third-order valence-electron chi connectivity index (χ3n) is 5.13. The van der Waals surface area contributed by atoms with Gasteiger partial charge in [-0.25, -0.2) is 4.98 Å². The van der Waals surface area contributed by atoms with E-state index in [2.05, 4.69) is 29.2 Å². The molecule has 1 amide bonds. The van der Waals surface area contributed by atoms with Crippen LogP contribution in [0.1, 0.15) is 29.2 Å². The lowest BCUT2D eigenvalue weighted by atomic mass is 9.88. The normalized spacial score (nSPS) is 14.0. The molecule has 0 saturated carbocycles. The Bertz CT molecular complexity index is 882. The van der Waals surface area contributed by atoms with Crippen LogP contribution in [0.4, 0.5) is 0 Å². The van der Waals surface area contributed by atoms with Gasteiger partial charge in [-0.05, 0) is 24.1 Å². The van der Waals surface area contributed by atoms with Gasteiger partial charge in [-0.1, -0.05) is 66.7 Å². The summed E-state index contributed by atoms with van der Waals surface area (Å²) in [7, 11) is 0. The Morgan fingerprint density at radius 3 is 2.14 bits per heavy atom. The maximum Gasteiger partial charge on any atom is 0.223 e. The van der Waals surface area contributed by atoms with Crippen LogP contribution in [-0.2, 0) is 4.79 Å². The molecule has 2 heterocycles. The molecule has 1 aliphatic rings. The number of pyridine rings is 1. The van der Waals surface area contributed by atoms with Crippen molar-refractivity contribution in [2.24, 2.45) is 0 Å². The number of carbonyl (C=O) groups excluding carboxylic acids is 1. The van der Waals surface area contributed by atoms with Gasteiger partial charge in [0.05, 0.1) is 13.1 Å². The number of hydrogen-bond acceptors (Lipinski definition) is 3. The van der Waals surface area contributed by atoms with Crippen LogP contribution in [0.5, 0.6) is 5.88 Å². The van der Waals surface area contributed by atoms with Crippen molar-refractivity contribution < 1.29 is 9.53 Å². The van der Waals surface area contributed by atoms with Crippen molar-refractivity contribution in [1.82, 2.24) is 9.88 Å². The fourth-order valence-electron chi connectivity index (χ4n) is 3.57. The highest BCUT2D eigenvalue weighted by atomic mass is 16.5. The largest absolute Gasteiger partial charge is 0.471 e. The summed E-state index contributed by atoms with van der Waals surface area (Å²) in [4.78, 5) is 19.1. The van der Waals surface area contributed by atoms with Crippen molar-refractivity contribution in [1.29, 1.82) is 0 Å². The summed E-state index contributed by atoms with van der Waals surface area (Å²) in [5.41, 5.74) is 3.26. The first-order valence-electron chi connectivity index (χ1n) is 9.67. The average Bonchev–Trinajstić information content (AvgIpc) is 2.70. The molecule has 142 valence electrons. The van der Waals surface area contributed by atoms with Crippen LogP contribution in [0.2, 0.25) is 0 Å². The quantitative estimate of drug-likeness (QED) is 0.651. The Balaban J connectivity index is 1.39. The van der Waals surface area contributed by atoms with E-state index in [4.69, 9.17) is 4.74 Å². The minimum atomic E-state index is 0.0187. The van der Waals surface area contributed by atoms with Crippen molar-refractivity contribution in [3.8, 4) is 5.88 Å². The van der Waals surface area contributed by atoms with Crippen LogP contribution in [0.3, 0.4) is 0 Å². The Morgan fingerprint density at radius 2 is 1.57 bits per heavy atom. The second-order valence-electron chi connectivity index (χ2n) is 7.23. The standard InChI is InChI=1S/C24H24N2O2/c1-18-9-8-14-23(25-18)28-21-16-26(17-21)24(27)15-22(19-10-4-2-5-11-19)20-12-6-3-7-13-20/h2-14,21-22H,15-17H2,1H3. The topological polar surface area (TPSA) is 42.4 Å². The molecule has 0 N–H and O–H groups in total. The van der Waals surface area contributed by atoms with Gasteiger partial charge >= 0.3 is 0 Å². The first-order chi connectivity index (χ1) is 13.7. The molecule has 0 bridgehead atoms. The van der Waals surface area contributed by atoms with Gasteiger partial charge in [0.15, 0.2) is 0 Å². The number of ether oxygens (including phenoxy) is 1. The first kappa shape index (κ1) is 18.2. The Hall–Kier alpha value is -3.14. The predicted octanol–water partition coefficient (Wildman–Crippen LogP) is 4.20. The summed E-state index contributed by atoms with van der Waals surface area (Å²) in [6, 6.07) is 26.2. The highest BCUT2D eigenvalue weighted by molar-refractivity contribution is 5.78. The first-order valence-corrected chi connectivity index (χ1v) is 9.67. The number of rotatable bonds is 6. The highest BCUT2D eigenvalue weighted by Gasteiger charge is 2.33. The molecule has 4 rings (SSSR count). The smallest absolute Gasteiger partial charge is 0.223 e. The van der Waals surface area contributed by atoms with Gasteiger partial charge in [0.25, 0.3) is 0 Å². The summed E-state index contributed by atoms with van der Waals surface area (Å²) in [5.74, 6) is 0.853.